The first-order valence-corrected chi connectivity index (χ1v) is 5.08. The normalized spacial score (nSPS) is 24.7. The Balaban J connectivity index is 2.43. The SMILES string of the molecule is NC1CC1c1ccc(Br)cc1[N+](=O)[O-]. The molecule has 1 fully saturated rings. The highest BCUT2D eigenvalue weighted by Crippen LogP contribution is 2.43. The maximum absolute atomic E-state index is 10.8. The van der Waals surface area contributed by atoms with Crippen molar-refractivity contribution in [2.75, 3.05) is 0 Å². The second kappa shape index (κ2) is 3.33. The van der Waals surface area contributed by atoms with Crippen LogP contribution in [0.2, 0.25) is 0 Å². The number of rotatable bonds is 2. The summed E-state index contributed by atoms with van der Waals surface area (Å²) >= 11 is 3.21. The van der Waals surface area contributed by atoms with Gasteiger partial charge in [0.1, 0.15) is 0 Å². The van der Waals surface area contributed by atoms with Crippen molar-refractivity contribution in [3.63, 3.8) is 0 Å². The minimum Gasteiger partial charge on any atom is -0.327 e. The Morgan fingerprint density at radius 3 is 2.71 bits per heavy atom. The average Bonchev–Trinajstić information content (AvgIpc) is 2.82. The summed E-state index contributed by atoms with van der Waals surface area (Å²) in [6.45, 7) is 0. The summed E-state index contributed by atoms with van der Waals surface area (Å²) < 4.78 is 0.724. The number of nitrogens with two attached hydrogens (primary N) is 1. The van der Waals surface area contributed by atoms with E-state index in [-0.39, 0.29) is 22.6 Å². The van der Waals surface area contributed by atoms with Gasteiger partial charge in [-0.2, -0.15) is 0 Å². The fourth-order valence-corrected chi connectivity index (χ4v) is 1.91. The number of nitro groups is 1. The van der Waals surface area contributed by atoms with Gasteiger partial charge < -0.3 is 5.73 Å². The maximum Gasteiger partial charge on any atom is 0.274 e. The third-order valence-corrected chi connectivity index (χ3v) is 2.92. The van der Waals surface area contributed by atoms with Crippen molar-refractivity contribution < 1.29 is 4.92 Å². The van der Waals surface area contributed by atoms with Gasteiger partial charge in [0.25, 0.3) is 5.69 Å². The lowest BCUT2D eigenvalue weighted by Gasteiger charge is -2.01. The number of hydrogen-bond acceptors (Lipinski definition) is 3. The quantitative estimate of drug-likeness (QED) is 0.652. The lowest BCUT2D eigenvalue weighted by atomic mass is 10.1. The molecule has 0 amide bonds. The summed E-state index contributed by atoms with van der Waals surface area (Å²) in [4.78, 5) is 10.4. The summed E-state index contributed by atoms with van der Waals surface area (Å²) in [6, 6.07) is 5.21. The first-order valence-electron chi connectivity index (χ1n) is 4.29. The molecule has 1 aromatic rings. The molecule has 1 saturated carbocycles. The Hall–Kier alpha value is -0.940. The second-order valence-electron chi connectivity index (χ2n) is 3.47. The lowest BCUT2D eigenvalue weighted by molar-refractivity contribution is -0.385. The minimum atomic E-state index is -0.356. The van der Waals surface area contributed by atoms with Crippen LogP contribution in [0.5, 0.6) is 0 Å². The van der Waals surface area contributed by atoms with Crippen molar-refractivity contribution >= 4 is 21.6 Å². The van der Waals surface area contributed by atoms with Gasteiger partial charge in [0.2, 0.25) is 0 Å². The van der Waals surface area contributed by atoms with Crippen LogP contribution in [-0.2, 0) is 0 Å². The first kappa shape index (κ1) is 9.61. The highest BCUT2D eigenvalue weighted by Gasteiger charge is 2.39. The molecule has 74 valence electrons. The van der Waals surface area contributed by atoms with Crippen molar-refractivity contribution in [3.05, 3.63) is 38.3 Å². The van der Waals surface area contributed by atoms with E-state index in [9.17, 15) is 10.1 Å². The highest BCUT2D eigenvalue weighted by atomic mass is 79.9. The summed E-state index contributed by atoms with van der Waals surface area (Å²) in [5.41, 5.74) is 6.59. The van der Waals surface area contributed by atoms with Crippen LogP contribution in [0.1, 0.15) is 17.9 Å². The van der Waals surface area contributed by atoms with Crippen LogP contribution < -0.4 is 5.73 Å². The van der Waals surface area contributed by atoms with Gasteiger partial charge in [0.05, 0.1) is 4.92 Å². The predicted molar refractivity (Wildman–Crippen MR) is 56.1 cm³/mol. The molecular weight excluding hydrogens is 248 g/mol. The molecule has 2 unspecified atom stereocenters. The Morgan fingerprint density at radius 2 is 2.21 bits per heavy atom. The van der Waals surface area contributed by atoms with Gasteiger partial charge in [0, 0.05) is 28.1 Å². The number of hydrogen-bond donors (Lipinski definition) is 1. The minimum absolute atomic E-state index is 0.0925. The molecule has 1 aliphatic carbocycles. The van der Waals surface area contributed by atoms with Crippen LogP contribution >= 0.6 is 15.9 Å². The van der Waals surface area contributed by atoms with Crippen molar-refractivity contribution in [1.29, 1.82) is 0 Å². The molecule has 2 N–H and O–H groups in total. The molecule has 0 spiro atoms. The van der Waals surface area contributed by atoms with Gasteiger partial charge in [-0.15, -0.1) is 0 Å². The van der Waals surface area contributed by atoms with Crippen LogP contribution in [0.15, 0.2) is 22.7 Å². The Labute approximate surface area is 89.4 Å². The van der Waals surface area contributed by atoms with Crippen molar-refractivity contribution in [3.8, 4) is 0 Å². The molecule has 2 rings (SSSR count). The topological polar surface area (TPSA) is 69.2 Å². The van der Waals surface area contributed by atoms with Gasteiger partial charge in [-0.3, -0.25) is 10.1 Å². The van der Waals surface area contributed by atoms with E-state index >= 15 is 0 Å². The molecule has 0 bridgehead atoms. The Morgan fingerprint density at radius 1 is 1.57 bits per heavy atom. The summed E-state index contributed by atoms with van der Waals surface area (Å²) in [7, 11) is 0. The van der Waals surface area contributed by atoms with Crippen LogP contribution in [-0.4, -0.2) is 11.0 Å². The molecule has 5 heteroatoms. The third kappa shape index (κ3) is 1.65. The molecule has 4 nitrogen and oxygen atoms in total. The Kier molecular flexibility index (Phi) is 2.28. The molecule has 1 aromatic carbocycles. The lowest BCUT2D eigenvalue weighted by Crippen LogP contribution is -2.03. The highest BCUT2D eigenvalue weighted by molar-refractivity contribution is 9.10. The van der Waals surface area contributed by atoms with Crippen LogP contribution in [0.25, 0.3) is 0 Å². The number of benzene rings is 1. The van der Waals surface area contributed by atoms with Crippen molar-refractivity contribution in [2.24, 2.45) is 5.73 Å². The molecule has 1 aliphatic rings. The molecule has 14 heavy (non-hydrogen) atoms. The van der Waals surface area contributed by atoms with E-state index in [0.717, 1.165) is 16.5 Å². The van der Waals surface area contributed by atoms with Crippen LogP contribution in [0.4, 0.5) is 5.69 Å². The van der Waals surface area contributed by atoms with Crippen LogP contribution in [0.3, 0.4) is 0 Å². The zero-order valence-corrected chi connectivity index (χ0v) is 8.90. The van der Waals surface area contributed by atoms with Gasteiger partial charge >= 0.3 is 0 Å². The molecule has 0 aromatic heterocycles. The zero-order chi connectivity index (χ0) is 10.3. The van der Waals surface area contributed by atoms with Gasteiger partial charge in [-0.1, -0.05) is 22.0 Å². The monoisotopic (exact) mass is 256 g/mol. The van der Waals surface area contributed by atoms with Gasteiger partial charge in [-0.25, -0.2) is 0 Å². The van der Waals surface area contributed by atoms with Crippen molar-refractivity contribution in [2.45, 2.75) is 18.4 Å². The van der Waals surface area contributed by atoms with E-state index in [1.165, 1.54) is 6.07 Å². The molecule has 0 heterocycles. The Bertz CT molecular complexity index is 394. The van der Waals surface area contributed by atoms with E-state index in [1.54, 1.807) is 6.07 Å². The molecule has 0 saturated heterocycles. The molecule has 0 aliphatic heterocycles. The van der Waals surface area contributed by atoms with E-state index < -0.39 is 0 Å². The number of nitro benzene ring substituents is 1. The first-order chi connectivity index (χ1) is 6.59. The second-order valence-corrected chi connectivity index (χ2v) is 4.38. The van der Waals surface area contributed by atoms with Crippen LogP contribution in [0, 0.1) is 10.1 Å². The molecule has 2 atom stereocenters. The predicted octanol–water partition coefficient (Wildman–Crippen LogP) is 2.17. The fourth-order valence-electron chi connectivity index (χ4n) is 1.56. The average molecular weight is 257 g/mol. The smallest absolute Gasteiger partial charge is 0.274 e. The zero-order valence-electron chi connectivity index (χ0n) is 7.31. The summed E-state index contributed by atoms with van der Waals surface area (Å²) in [6.07, 6.45) is 0.850. The third-order valence-electron chi connectivity index (χ3n) is 2.43. The molecule has 0 radical (unpaired) electrons. The van der Waals surface area contributed by atoms with Gasteiger partial charge in [-0.05, 0) is 12.5 Å². The standard InChI is InChI=1S/C9H9BrN2O2/c10-5-1-2-6(7-4-8(7)11)9(3-5)12(13)14/h1-3,7-8H,4,11H2. The number of halogens is 1. The van der Waals surface area contributed by atoms with E-state index in [4.69, 9.17) is 5.73 Å². The largest absolute Gasteiger partial charge is 0.327 e. The fraction of sp³-hybridized carbons (Fsp3) is 0.333. The van der Waals surface area contributed by atoms with E-state index in [0.29, 0.717) is 0 Å². The number of nitrogens with zero attached hydrogens (tertiary/aromatic N) is 1. The van der Waals surface area contributed by atoms with E-state index in [2.05, 4.69) is 15.9 Å². The van der Waals surface area contributed by atoms with Gasteiger partial charge in [0.15, 0.2) is 0 Å². The maximum atomic E-state index is 10.8. The van der Waals surface area contributed by atoms with E-state index in [1.807, 2.05) is 6.07 Å². The van der Waals surface area contributed by atoms with Crippen molar-refractivity contribution in [1.82, 2.24) is 0 Å². The summed E-state index contributed by atoms with van der Waals surface area (Å²) in [5, 5.41) is 10.8. The molecular formula is C9H9BrN2O2. The summed E-state index contributed by atoms with van der Waals surface area (Å²) in [5.74, 6) is 0.170.